The fourth-order valence-corrected chi connectivity index (χ4v) is 2.27. The summed E-state index contributed by atoms with van der Waals surface area (Å²) in [5, 5.41) is 0. The van der Waals surface area contributed by atoms with Gasteiger partial charge in [-0.25, -0.2) is 4.79 Å². The predicted molar refractivity (Wildman–Crippen MR) is 87.2 cm³/mol. The van der Waals surface area contributed by atoms with E-state index in [-0.39, 0.29) is 0 Å². The number of carbonyl (C=O) groups is 1. The Morgan fingerprint density at radius 1 is 0.955 bits per heavy atom. The molecule has 0 fully saturated rings. The summed E-state index contributed by atoms with van der Waals surface area (Å²) >= 11 is 0. The Hall–Kier alpha value is -2.29. The Morgan fingerprint density at radius 3 is 2.45 bits per heavy atom. The fraction of sp³-hybridized carbons (Fsp3) is 0.316. The van der Waals surface area contributed by atoms with Gasteiger partial charge in [0.05, 0.1) is 6.61 Å². The number of carbonyl (C=O) groups excluding carboxylic acids is 1. The van der Waals surface area contributed by atoms with Gasteiger partial charge in [0.25, 0.3) is 0 Å². The van der Waals surface area contributed by atoms with Crippen LogP contribution in [0, 0.1) is 0 Å². The van der Waals surface area contributed by atoms with Crippen LogP contribution in [0.2, 0.25) is 0 Å². The Morgan fingerprint density at radius 2 is 1.68 bits per heavy atom. The summed E-state index contributed by atoms with van der Waals surface area (Å²) in [4.78, 5) is 11.7. The second-order valence-corrected chi connectivity index (χ2v) is 5.15. The summed E-state index contributed by atoms with van der Waals surface area (Å²) in [5.74, 6) is 0.595. The zero-order chi connectivity index (χ0) is 15.6. The molecule has 0 atom stereocenters. The van der Waals surface area contributed by atoms with Crippen molar-refractivity contribution in [2.24, 2.45) is 0 Å². The lowest BCUT2D eigenvalue weighted by Crippen LogP contribution is -2.13. The summed E-state index contributed by atoms with van der Waals surface area (Å²) in [7, 11) is 0. The first-order chi connectivity index (χ1) is 10.8. The first-order valence-electron chi connectivity index (χ1n) is 7.76. The average Bonchev–Trinajstić information content (AvgIpc) is 2.55. The molecule has 0 aromatic heterocycles. The summed E-state index contributed by atoms with van der Waals surface area (Å²) in [5.41, 5.74) is 2.28. The number of benzene rings is 2. The van der Waals surface area contributed by atoms with Crippen LogP contribution in [0.15, 0.2) is 54.6 Å². The van der Waals surface area contributed by atoms with Gasteiger partial charge in [-0.3, -0.25) is 0 Å². The SMILES string of the molecule is CCCc1ccccc1OC(=O)OCCCc1ccccc1. The van der Waals surface area contributed by atoms with Crippen molar-refractivity contribution in [3.8, 4) is 5.75 Å². The summed E-state index contributed by atoms with van der Waals surface area (Å²) in [6, 6.07) is 17.7. The standard InChI is InChI=1S/C19H22O3/c1-2-9-17-13-6-7-14-18(17)22-19(20)21-15-8-12-16-10-4-3-5-11-16/h3-7,10-11,13-14H,2,8-9,12,15H2,1H3. The van der Waals surface area contributed by atoms with Crippen LogP contribution in [-0.4, -0.2) is 12.8 Å². The van der Waals surface area contributed by atoms with E-state index in [0.29, 0.717) is 12.4 Å². The summed E-state index contributed by atoms with van der Waals surface area (Å²) < 4.78 is 10.4. The Kier molecular flexibility index (Phi) is 6.49. The molecule has 0 saturated heterocycles. The zero-order valence-corrected chi connectivity index (χ0v) is 13.0. The quantitative estimate of drug-likeness (QED) is 0.419. The van der Waals surface area contributed by atoms with E-state index in [1.165, 1.54) is 5.56 Å². The lowest BCUT2D eigenvalue weighted by Gasteiger charge is -2.09. The molecule has 2 aromatic rings. The van der Waals surface area contributed by atoms with Gasteiger partial charge in [-0.2, -0.15) is 0 Å². The van der Waals surface area contributed by atoms with Gasteiger partial charge >= 0.3 is 6.16 Å². The molecule has 0 aliphatic carbocycles. The van der Waals surface area contributed by atoms with E-state index in [1.807, 2.05) is 36.4 Å². The lowest BCUT2D eigenvalue weighted by atomic mass is 10.1. The van der Waals surface area contributed by atoms with Crippen LogP contribution in [-0.2, 0) is 17.6 Å². The van der Waals surface area contributed by atoms with Crippen molar-refractivity contribution >= 4 is 6.16 Å². The van der Waals surface area contributed by atoms with Gasteiger partial charge in [-0.05, 0) is 36.5 Å². The third-order valence-corrected chi connectivity index (χ3v) is 3.36. The van der Waals surface area contributed by atoms with Crippen molar-refractivity contribution < 1.29 is 14.3 Å². The molecule has 0 N–H and O–H groups in total. The third-order valence-electron chi connectivity index (χ3n) is 3.36. The van der Waals surface area contributed by atoms with Crippen molar-refractivity contribution in [2.75, 3.05) is 6.61 Å². The van der Waals surface area contributed by atoms with Gasteiger partial charge in [0.15, 0.2) is 0 Å². The molecule has 0 aliphatic rings. The van der Waals surface area contributed by atoms with Gasteiger partial charge in [0.2, 0.25) is 0 Å². The van der Waals surface area contributed by atoms with E-state index >= 15 is 0 Å². The minimum atomic E-state index is -0.628. The molecule has 3 heteroatoms. The molecular weight excluding hydrogens is 276 g/mol. The van der Waals surface area contributed by atoms with Crippen LogP contribution in [0.5, 0.6) is 5.75 Å². The van der Waals surface area contributed by atoms with Gasteiger partial charge in [0.1, 0.15) is 5.75 Å². The number of para-hydroxylation sites is 1. The summed E-state index contributed by atoms with van der Waals surface area (Å²) in [6.07, 6.45) is 2.94. The maximum absolute atomic E-state index is 11.7. The second-order valence-electron chi connectivity index (χ2n) is 5.15. The number of rotatable bonds is 7. The van der Waals surface area contributed by atoms with E-state index in [1.54, 1.807) is 6.07 Å². The fourth-order valence-electron chi connectivity index (χ4n) is 2.27. The van der Waals surface area contributed by atoms with E-state index in [0.717, 1.165) is 31.2 Å². The first-order valence-corrected chi connectivity index (χ1v) is 7.76. The molecule has 0 saturated carbocycles. The van der Waals surface area contributed by atoms with Crippen molar-refractivity contribution in [1.29, 1.82) is 0 Å². The van der Waals surface area contributed by atoms with Gasteiger partial charge in [0, 0.05) is 0 Å². The Bertz CT molecular complexity index is 578. The smallest absolute Gasteiger partial charge is 0.434 e. The van der Waals surface area contributed by atoms with Crippen LogP contribution in [0.1, 0.15) is 30.9 Å². The molecule has 116 valence electrons. The highest BCUT2D eigenvalue weighted by atomic mass is 16.7. The summed E-state index contributed by atoms with van der Waals surface area (Å²) in [6.45, 7) is 2.46. The maximum atomic E-state index is 11.7. The number of hydrogen-bond acceptors (Lipinski definition) is 3. The Labute approximate surface area is 131 Å². The highest BCUT2D eigenvalue weighted by Crippen LogP contribution is 2.20. The van der Waals surface area contributed by atoms with E-state index < -0.39 is 6.16 Å². The molecule has 0 radical (unpaired) electrons. The largest absolute Gasteiger partial charge is 0.513 e. The van der Waals surface area contributed by atoms with Gasteiger partial charge in [-0.15, -0.1) is 0 Å². The highest BCUT2D eigenvalue weighted by molar-refractivity contribution is 5.64. The predicted octanol–water partition coefficient (Wildman–Crippen LogP) is 4.79. The third kappa shape index (κ3) is 5.24. The molecule has 2 rings (SSSR count). The molecule has 0 aliphatic heterocycles. The van der Waals surface area contributed by atoms with Crippen LogP contribution in [0.4, 0.5) is 4.79 Å². The van der Waals surface area contributed by atoms with Gasteiger partial charge in [-0.1, -0.05) is 61.9 Å². The molecular formula is C19H22O3. The van der Waals surface area contributed by atoms with E-state index in [4.69, 9.17) is 9.47 Å². The molecule has 2 aromatic carbocycles. The lowest BCUT2D eigenvalue weighted by molar-refractivity contribution is 0.0977. The van der Waals surface area contributed by atoms with E-state index in [2.05, 4.69) is 19.1 Å². The second kappa shape index (κ2) is 8.88. The molecule has 0 bridgehead atoms. The first kappa shape index (κ1) is 16.1. The average molecular weight is 298 g/mol. The monoisotopic (exact) mass is 298 g/mol. The molecule has 0 amide bonds. The van der Waals surface area contributed by atoms with Crippen LogP contribution in [0.25, 0.3) is 0 Å². The number of aryl methyl sites for hydroxylation is 2. The minimum Gasteiger partial charge on any atom is -0.434 e. The van der Waals surface area contributed by atoms with Crippen molar-refractivity contribution in [2.45, 2.75) is 32.6 Å². The van der Waals surface area contributed by atoms with E-state index in [9.17, 15) is 4.79 Å². The minimum absolute atomic E-state index is 0.365. The van der Waals surface area contributed by atoms with Crippen molar-refractivity contribution in [3.05, 3.63) is 65.7 Å². The zero-order valence-electron chi connectivity index (χ0n) is 13.0. The van der Waals surface area contributed by atoms with Crippen LogP contribution < -0.4 is 4.74 Å². The maximum Gasteiger partial charge on any atom is 0.513 e. The highest BCUT2D eigenvalue weighted by Gasteiger charge is 2.09. The normalized spacial score (nSPS) is 10.2. The molecule has 0 unspecified atom stereocenters. The van der Waals surface area contributed by atoms with Gasteiger partial charge < -0.3 is 9.47 Å². The van der Waals surface area contributed by atoms with Crippen LogP contribution in [0.3, 0.4) is 0 Å². The van der Waals surface area contributed by atoms with Crippen molar-refractivity contribution in [3.63, 3.8) is 0 Å². The van der Waals surface area contributed by atoms with Crippen molar-refractivity contribution in [1.82, 2.24) is 0 Å². The number of hydrogen-bond donors (Lipinski definition) is 0. The molecule has 22 heavy (non-hydrogen) atoms. The molecule has 0 spiro atoms. The molecule has 0 heterocycles. The number of ether oxygens (including phenoxy) is 2. The Balaban J connectivity index is 1.74. The molecule has 3 nitrogen and oxygen atoms in total. The topological polar surface area (TPSA) is 35.5 Å². The van der Waals surface area contributed by atoms with Crippen LogP contribution >= 0.6 is 0 Å².